The summed E-state index contributed by atoms with van der Waals surface area (Å²) in [6.07, 6.45) is -3.76. The number of amides is 2. The maximum atomic E-state index is 12.5. The molecule has 2 aliphatic rings. The van der Waals surface area contributed by atoms with Gasteiger partial charge in [-0.1, -0.05) is 0 Å². The first-order valence-corrected chi connectivity index (χ1v) is 7.93. The molecule has 2 aliphatic heterocycles. The van der Waals surface area contributed by atoms with Crippen molar-refractivity contribution in [2.45, 2.75) is 31.6 Å². The standard InChI is InChI=1S/C13H14F3N3O3S/c14-13(15,16)11(20)22-19-9-3-6-23-10(9)7-18(12(19)21)8-1-4-17-5-2-8/h3,6,8,17H,1-2,4-5,7H2. The smallest absolute Gasteiger partial charge is 0.323 e. The summed E-state index contributed by atoms with van der Waals surface area (Å²) in [4.78, 5) is 30.2. The lowest BCUT2D eigenvalue weighted by molar-refractivity contribution is -0.200. The summed E-state index contributed by atoms with van der Waals surface area (Å²) in [5.41, 5.74) is 0.197. The molecule has 1 fully saturated rings. The minimum absolute atomic E-state index is 0.0916. The van der Waals surface area contributed by atoms with E-state index in [1.165, 1.54) is 22.3 Å². The summed E-state index contributed by atoms with van der Waals surface area (Å²) < 4.78 is 37.4. The second-order valence-corrected chi connectivity index (χ2v) is 6.29. The molecule has 3 rings (SSSR count). The maximum Gasteiger partial charge on any atom is 0.493 e. The van der Waals surface area contributed by atoms with E-state index < -0.39 is 18.2 Å². The summed E-state index contributed by atoms with van der Waals surface area (Å²) >= 11 is 1.31. The van der Waals surface area contributed by atoms with E-state index >= 15 is 0 Å². The van der Waals surface area contributed by atoms with Crippen LogP contribution < -0.4 is 10.4 Å². The van der Waals surface area contributed by atoms with Gasteiger partial charge in [0.15, 0.2) is 0 Å². The minimum Gasteiger partial charge on any atom is -0.323 e. The fourth-order valence-electron chi connectivity index (χ4n) is 2.70. The highest BCUT2D eigenvalue weighted by atomic mass is 32.1. The van der Waals surface area contributed by atoms with Gasteiger partial charge in [0.25, 0.3) is 0 Å². The molecule has 10 heteroatoms. The van der Waals surface area contributed by atoms with E-state index in [1.54, 1.807) is 5.38 Å². The largest absolute Gasteiger partial charge is 0.493 e. The number of carbonyl (C=O) groups is 2. The molecule has 0 unspecified atom stereocenters. The van der Waals surface area contributed by atoms with Crippen LogP contribution >= 0.6 is 11.3 Å². The Morgan fingerprint density at radius 3 is 2.70 bits per heavy atom. The van der Waals surface area contributed by atoms with E-state index in [-0.39, 0.29) is 11.7 Å². The lowest BCUT2D eigenvalue weighted by atomic mass is 10.0. The van der Waals surface area contributed by atoms with Crippen molar-refractivity contribution in [3.05, 3.63) is 16.3 Å². The van der Waals surface area contributed by atoms with Crippen molar-refractivity contribution < 1.29 is 27.6 Å². The van der Waals surface area contributed by atoms with Gasteiger partial charge >= 0.3 is 18.2 Å². The zero-order valence-corrected chi connectivity index (χ0v) is 12.7. The van der Waals surface area contributed by atoms with Crippen molar-refractivity contribution in [2.24, 2.45) is 0 Å². The van der Waals surface area contributed by atoms with Gasteiger partial charge in [-0.2, -0.15) is 13.2 Å². The molecule has 23 heavy (non-hydrogen) atoms. The fraction of sp³-hybridized carbons (Fsp3) is 0.538. The highest BCUT2D eigenvalue weighted by Gasteiger charge is 2.46. The van der Waals surface area contributed by atoms with Gasteiger partial charge < -0.3 is 15.1 Å². The molecule has 1 N–H and O–H groups in total. The SMILES string of the molecule is O=C1N(OC(=O)C(F)(F)F)c2ccsc2CN1C1CCNCC1. The van der Waals surface area contributed by atoms with Crippen LogP contribution in [0.25, 0.3) is 0 Å². The Hall–Kier alpha value is -1.81. The number of halogens is 3. The van der Waals surface area contributed by atoms with Crippen LogP contribution in [0.4, 0.5) is 23.7 Å². The molecule has 0 aliphatic carbocycles. The second-order valence-electron chi connectivity index (χ2n) is 5.29. The van der Waals surface area contributed by atoms with Crippen molar-refractivity contribution in [2.75, 3.05) is 18.2 Å². The first kappa shape index (κ1) is 16.1. The molecule has 3 heterocycles. The number of alkyl halides is 3. The number of hydrogen-bond acceptors (Lipinski definition) is 5. The van der Waals surface area contributed by atoms with Crippen LogP contribution in [0.15, 0.2) is 11.4 Å². The molecule has 0 spiro atoms. The molecular formula is C13H14F3N3O3S. The minimum atomic E-state index is -5.16. The molecule has 0 radical (unpaired) electrons. The van der Waals surface area contributed by atoms with E-state index in [1.807, 2.05) is 0 Å². The molecular weight excluding hydrogens is 335 g/mol. The highest BCUT2D eigenvalue weighted by molar-refractivity contribution is 7.10. The number of hydrogen-bond donors (Lipinski definition) is 1. The third-order valence-electron chi connectivity index (χ3n) is 3.83. The Balaban J connectivity index is 1.85. The molecule has 1 saturated heterocycles. The molecule has 0 aromatic carbocycles. The lowest BCUT2D eigenvalue weighted by Crippen LogP contribution is -2.54. The average molecular weight is 349 g/mol. The number of nitrogens with one attached hydrogen (secondary N) is 1. The lowest BCUT2D eigenvalue weighted by Gasteiger charge is -2.40. The monoisotopic (exact) mass is 349 g/mol. The van der Waals surface area contributed by atoms with E-state index in [2.05, 4.69) is 10.2 Å². The van der Waals surface area contributed by atoms with E-state index in [0.717, 1.165) is 13.1 Å². The normalized spacial score (nSPS) is 19.7. The summed E-state index contributed by atoms with van der Waals surface area (Å²) in [5, 5.41) is 5.28. The molecule has 0 atom stereocenters. The van der Waals surface area contributed by atoms with Crippen molar-refractivity contribution in [1.82, 2.24) is 10.2 Å². The maximum absolute atomic E-state index is 12.5. The Labute approximate surface area is 133 Å². The first-order chi connectivity index (χ1) is 10.9. The van der Waals surface area contributed by atoms with E-state index in [9.17, 15) is 22.8 Å². The quantitative estimate of drug-likeness (QED) is 0.890. The number of anilines is 1. The fourth-order valence-corrected chi connectivity index (χ4v) is 3.55. The van der Waals surface area contributed by atoms with Crippen LogP contribution in [-0.4, -0.2) is 42.2 Å². The zero-order valence-electron chi connectivity index (χ0n) is 11.9. The van der Waals surface area contributed by atoms with Crippen LogP contribution in [0.5, 0.6) is 0 Å². The number of piperidine rings is 1. The van der Waals surface area contributed by atoms with Gasteiger partial charge in [0.05, 0.1) is 11.4 Å². The third-order valence-corrected chi connectivity index (χ3v) is 4.72. The van der Waals surface area contributed by atoms with Gasteiger partial charge in [-0.25, -0.2) is 9.59 Å². The molecule has 1 aromatic heterocycles. The molecule has 0 saturated carbocycles. The Bertz CT molecular complexity index is 613. The molecule has 2 amide bonds. The third kappa shape index (κ3) is 3.13. The van der Waals surface area contributed by atoms with Crippen molar-refractivity contribution in [1.29, 1.82) is 0 Å². The number of hydroxylamine groups is 1. The summed E-state index contributed by atoms with van der Waals surface area (Å²) in [6.45, 7) is 1.78. The van der Waals surface area contributed by atoms with Crippen LogP contribution in [0.3, 0.4) is 0 Å². The number of fused-ring (bicyclic) bond motifs is 1. The Morgan fingerprint density at radius 2 is 2.04 bits per heavy atom. The summed E-state index contributed by atoms with van der Waals surface area (Å²) in [5.74, 6) is -2.41. The predicted molar refractivity (Wildman–Crippen MR) is 75.8 cm³/mol. The van der Waals surface area contributed by atoms with Crippen LogP contribution in [0, 0.1) is 0 Å². The number of nitrogens with zero attached hydrogens (tertiary/aromatic N) is 2. The number of thiophene rings is 1. The molecule has 0 bridgehead atoms. The number of rotatable bonds is 2. The topological polar surface area (TPSA) is 61.9 Å². The second kappa shape index (κ2) is 6.00. The van der Waals surface area contributed by atoms with E-state index in [0.29, 0.717) is 29.3 Å². The number of carbonyl (C=O) groups excluding carboxylic acids is 2. The average Bonchev–Trinajstić information content (AvgIpc) is 2.97. The van der Waals surface area contributed by atoms with Crippen molar-refractivity contribution in [3.63, 3.8) is 0 Å². The van der Waals surface area contributed by atoms with E-state index in [4.69, 9.17) is 0 Å². The molecule has 6 nitrogen and oxygen atoms in total. The molecule has 1 aromatic rings. The zero-order chi connectivity index (χ0) is 16.6. The highest BCUT2D eigenvalue weighted by Crippen LogP contribution is 2.36. The summed E-state index contributed by atoms with van der Waals surface area (Å²) in [6, 6.07) is 0.646. The Kier molecular flexibility index (Phi) is 4.19. The van der Waals surface area contributed by atoms with Crippen molar-refractivity contribution in [3.8, 4) is 0 Å². The van der Waals surface area contributed by atoms with Crippen LogP contribution in [-0.2, 0) is 16.2 Å². The Morgan fingerprint density at radius 1 is 1.35 bits per heavy atom. The van der Waals surface area contributed by atoms with Gasteiger partial charge in [-0.05, 0) is 37.4 Å². The number of urea groups is 1. The first-order valence-electron chi connectivity index (χ1n) is 7.05. The van der Waals surface area contributed by atoms with Crippen molar-refractivity contribution >= 4 is 29.0 Å². The molecule has 126 valence electrons. The predicted octanol–water partition coefficient (Wildman–Crippen LogP) is 2.26. The van der Waals surface area contributed by atoms with Gasteiger partial charge in [-0.3, -0.25) is 0 Å². The summed E-state index contributed by atoms with van der Waals surface area (Å²) in [7, 11) is 0. The van der Waals surface area contributed by atoms with Gasteiger partial charge in [0.1, 0.15) is 5.69 Å². The van der Waals surface area contributed by atoms with Gasteiger partial charge in [0, 0.05) is 6.04 Å². The van der Waals surface area contributed by atoms with Gasteiger partial charge in [-0.15, -0.1) is 16.4 Å². The van der Waals surface area contributed by atoms with Crippen LogP contribution in [0.1, 0.15) is 17.7 Å². The van der Waals surface area contributed by atoms with Gasteiger partial charge in [0.2, 0.25) is 0 Å². The van der Waals surface area contributed by atoms with Crippen LogP contribution in [0.2, 0.25) is 0 Å².